The number of carboxylic acid groups (broad SMARTS) is 1. The summed E-state index contributed by atoms with van der Waals surface area (Å²) in [5.41, 5.74) is 3.16. The number of hydrogen-bond acceptors (Lipinski definition) is 5. The minimum Gasteiger partial charge on any atom is -0.493 e. The van der Waals surface area contributed by atoms with Crippen LogP contribution in [0.15, 0.2) is 60.7 Å². The van der Waals surface area contributed by atoms with Crippen LogP contribution in [-0.4, -0.2) is 31.2 Å². The molecule has 2 N–H and O–H groups in total. The zero-order valence-electron chi connectivity index (χ0n) is 17.4. The van der Waals surface area contributed by atoms with Gasteiger partial charge in [-0.15, -0.1) is 0 Å². The summed E-state index contributed by atoms with van der Waals surface area (Å²) in [7, 11) is 2.83. The molecule has 1 atom stereocenters. The Morgan fingerprint density at radius 1 is 1.00 bits per heavy atom. The minimum absolute atomic E-state index is 0.0661. The highest BCUT2D eigenvalue weighted by Crippen LogP contribution is 2.42. The molecule has 0 unspecified atom stereocenters. The second-order valence-electron chi connectivity index (χ2n) is 7.17. The standard InChI is InChI=1S/C24H22N2O5/c1-14-8-10-15(11-9-14)26-22(25-18-7-5-4-6-16(18)23(26)27)17-12-13-19(30-2)21(31-3)20(17)24(28)29/h4-13,22,25H,1-3H3,(H,28,29)/t22-/m1/s1. The van der Waals surface area contributed by atoms with Crippen molar-refractivity contribution in [2.75, 3.05) is 24.4 Å². The Kier molecular flexibility index (Phi) is 5.25. The highest BCUT2D eigenvalue weighted by atomic mass is 16.5. The van der Waals surface area contributed by atoms with Crippen molar-refractivity contribution in [2.24, 2.45) is 0 Å². The lowest BCUT2D eigenvalue weighted by atomic mass is 9.97. The van der Waals surface area contributed by atoms with E-state index in [1.54, 1.807) is 35.2 Å². The summed E-state index contributed by atoms with van der Waals surface area (Å²) in [5, 5.41) is 13.4. The van der Waals surface area contributed by atoms with Crippen molar-refractivity contribution in [1.29, 1.82) is 0 Å². The Labute approximate surface area is 179 Å². The van der Waals surface area contributed by atoms with Gasteiger partial charge in [0.15, 0.2) is 11.5 Å². The molecule has 3 aromatic rings. The van der Waals surface area contributed by atoms with Crippen LogP contribution >= 0.6 is 0 Å². The first-order valence-corrected chi connectivity index (χ1v) is 9.70. The highest BCUT2D eigenvalue weighted by molar-refractivity contribution is 6.12. The summed E-state index contributed by atoms with van der Waals surface area (Å²) < 4.78 is 10.7. The van der Waals surface area contributed by atoms with Gasteiger partial charge in [-0.3, -0.25) is 9.69 Å². The van der Waals surface area contributed by atoms with Crippen molar-refractivity contribution in [3.63, 3.8) is 0 Å². The lowest BCUT2D eigenvalue weighted by Crippen LogP contribution is -2.43. The van der Waals surface area contributed by atoms with E-state index < -0.39 is 12.1 Å². The van der Waals surface area contributed by atoms with Crippen molar-refractivity contribution < 1.29 is 24.2 Å². The van der Waals surface area contributed by atoms with Gasteiger partial charge in [-0.05, 0) is 37.3 Å². The van der Waals surface area contributed by atoms with Crippen LogP contribution < -0.4 is 19.7 Å². The van der Waals surface area contributed by atoms with Crippen LogP contribution in [-0.2, 0) is 0 Å². The van der Waals surface area contributed by atoms with Gasteiger partial charge in [0.1, 0.15) is 11.7 Å². The topological polar surface area (TPSA) is 88.1 Å². The van der Waals surface area contributed by atoms with Crippen LogP contribution in [0.3, 0.4) is 0 Å². The summed E-state index contributed by atoms with van der Waals surface area (Å²) in [6, 6.07) is 18.0. The first-order chi connectivity index (χ1) is 15.0. The number of aromatic carboxylic acids is 1. The molecule has 1 amide bonds. The SMILES string of the molecule is COc1ccc([C@@H]2Nc3ccccc3C(=O)N2c2ccc(C)cc2)c(C(=O)O)c1OC. The number of carbonyl (C=O) groups is 2. The molecule has 7 heteroatoms. The Hall–Kier alpha value is -4.00. The molecule has 0 spiro atoms. The van der Waals surface area contributed by atoms with Crippen molar-refractivity contribution in [3.05, 3.63) is 82.9 Å². The number of methoxy groups -OCH3 is 2. The van der Waals surface area contributed by atoms with E-state index >= 15 is 0 Å². The molecule has 0 aliphatic carbocycles. The number of aryl methyl sites for hydroxylation is 1. The lowest BCUT2D eigenvalue weighted by molar-refractivity contribution is 0.0689. The van der Waals surface area contributed by atoms with E-state index in [0.717, 1.165) is 5.56 Å². The Morgan fingerprint density at radius 3 is 2.35 bits per heavy atom. The van der Waals surface area contributed by atoms with Crippen molar-refractivity contribution in [1.82, 2.24) is 0 Å². The fourth-order valence-electron chi connectivity index (χ4n) is 3.83. The first kappa shape index (κ1) is 20.3. The van der Waals surface area contributed by atoms with Gasteiger partial charge in [0.2, 0.25) is 0 Å². The normalized spacial score (nSPS) is 15.1. The van der Waals surface area contributed by atoms with E-state index in [2.05, 4.69) is 5.32 Å². The Bertz CT molecular complexity index is 1160. The molecule has 31 heavy (non-hydrogen) atoms. The molecule has 0 saturated heterocycles. The molecule has 3 aromatic carbocycles. The van der Waals surface area contributed by atoms with E-state index in [0.29, 0.717) is 28.3 Å². The summed E-state index contributed by atoms with van der Waals surface area (Å²) in [5.74, 6) is -1.01. The van der Waals surface area contributed by atoms with E-state index in [9.17, 15) is 14.7 Å². The van der Waals surface area contributed by atoms with Crippen molar-refractivity contribution in [3.8, 4) is 11.5 Å². The number of benzene rings is 3. The van der Waals surface area contributed by atoms with Gasteiger partial charge in [-0.1, -0.05) is 35.9 Å². The predicted octanol–water partition coefficient (Wildman–Crippen LogP) is 4.48. The Morgan fingerprint density at radius 2 is 1.71 bits per heavy atom. The maximum atomic E-state index is 13.5. The van der Waals surface area contributed by atoms with Crippen LogP contribution in [0.5, 0.6) is 11.5 Å². The van der Waals surface area contributed by atoms with Gasteiger partial charge in [-0.2, -0.15) is 0 Å². The third-order valence-electron chi connectivity index (χ3n) is 5.33. The molecule has 158 valence electrons. The molecule has 4 rings (SSSR count). The maximum absolute atomic E-state index is 13.5. The molecule has 0 bridgehead atoms. The van der Waals surface area contributed by atoms with Gasteiger partial charge < -0.3 is 19.9 Å². The van der Waals surface area contributed by atoms with Gasteiger partial charge in [-0.25, -0.2) is 4.79 Å². The van der Waals surface area contributed by atoms with Crippen molar-refractivity contribution in [2.45, 2.75) is 13.1 Å². The number of nitrogens with zero attached hydrogens (tertiary/aromatic N) is 1. The quantitative estimate of drug-likeness (QED) is 0.635. The minimum atomic E-state index is -1.18. The molecule has 1 aliphatic heterocycles. The zero-order valence-corrected chi connectivity index (χ0v) is 17.4. The molecule has 0 radical (unpaired) electrons. The van der Waals surface area contributed by atoms with E-state index in [1.807, 2.05) is 37.3 Å². The number of para-hydroxylation sites is 1. The fourth-order valence-corrected chi connectivity index (χ4v) is 3.83. The van der Waals surface area contributed by atoms with E-state index in [4.69, 9.17) is 9.47 Å². The summed E-state index contributed by atoms with van der Waals surface area (Å²) in [6.45, 7) is 1.96. The number of carboxylic acids is 1. The highest BCUT2D eigenvalue weighted by Gasteiger charge is 2.37. The third kappa shape index (κ3) is 3.44. The van der Waals surface area contributed by atoms with Crippen LogP contribution in [0.4, 0.5) is 11.4 Å². The first-order valence-electron chi connectivity index (χ1n) is 9.70. The zero-order chi connectivity index (χ0) is 22.1. The average molecular weight is 418 g/mol. The number of amides is 1. The number of nitrogens with one attached hydrogen (secondary N) is 1. The summed E-state index contributed by atoms with van der Waals surface area (Å²) in [4.78, 5) is 27.4. The molecular formula is C24H22N2O5. The lowest BCUT2D eigenvalue weighted by Gasteiger charge is -2.39. The maximum Gasteiger partial charge on any atom is 0.340 e. The molecule has 0 saturated carbocycles. The number of hydrogen-bond donors (Lipinski definition) is 2. The molecule has 0 aromatic heterocycles. The number of anilines is 2. The second-order valence-corrected chi connectivity index (χ2v) is 7.17. The summed E-state index contributed by atoms with van der Waals surface area (Å²) >= 11 is 0. The van der Waals surface area contributed by atoms with Crippen LogP contribution in [0.25, 0.3) is 0 Å². The number of carbonyl (C=O) groups excluding carboxylic acids is 1. The predicted molar refractivity (Wildman–Crippen MR) is 117 cm³/mol. The van der Waals surface area contributed by atoms with Crippen molar-refractivity contribution >= 4 is 23.3 Å². The molecule has 0 fully saturated rings. The second kappa shape index (κ2) is 8.02. The van der Waals surface area contributed by atoms with Crippen LogP contribution in [0.2, 0.25) is 0 Å². The molecular weight excluding hydrogens is 396 g/mol. The average Bonchev–Trinajstić information content (AvgIpc) is 2.78. The Balaban J connectivity index is 1.96. The number of fused-ring (bicyclic) bond motifs is 1. The van der Waals surface area contributed by atoms with Gasteiger partial charge in [0.05, 0.1) is 19.8 Å². The molecule has 7 nitrogen and oxygen atoms in total. The van der Waals surface area contributed by atoms with Gasteiger partial charge in [0, 0.05) is 16.9 Å². The fraction of sp³-hybridized carbons (Fsp3) is 0.167. The van der Waals surface area contributed by atoms with E-state index in [-0.39, 0.29) is 17.2 Å². The third-order valence-corrected chi connectivity index (χ3v) is 5.33. The molecule has 1 heterocycles. The molecule has 1 aliphatic rings. The van der Waals surface area contributed by atoms with Crippen LogP contribution in [0, 0.1) is 6.92 Å². The summed E-state index contributed by atoms with van der Waals surface area (Å²) in [6.07, 6.45) is -0.768. The monoisotopic (exact) mass is 418 g/mol. The van der Waals surface area contributed by atoms with Gasteiger partial charge >= 0.3 is 5.97 Å². The van der Waals surface area contributed by atoms with Gasteiger partial charge in [0.25, 0.3) is 5.91 Å². The smallest absolute Gasteiger partial charge is 0.340 e. The van der Waals surface area contributed by atoms with E-state index in [1.165, 1.54) is 14.2 Å². The number of ether oxygens (including phenoxy) is 2. The van der Waals surface area contributed by atoms with Crippen LogP contribution in [0.1, 0.15) is 38.0 Å². The largest absolute Gasteiger partial charge is 0.493 e. The number of rotatable bonds is 5.